The fraction of sp³-hybridized carbons (Fsp3) is 0.714. The Bertz CT molecular complexity index is 808. The molecule has 6 unspecified atom stereocenters. The first kappa shape index (κ1) is 30.2. The topological polar surface area (TPSA) is 114 Å². The molecule has 3 N–H and O–H groups in total. The third-order valence-electron chi connectivity index (χ3n) is 7.06. The van der Waals surface area contributed by atoms with Gasteiger partial charge in [-0.3, -0.25) is 9.59 Å². The lowest BCUT2D eigenvalue weighted by molar-refractivity contribution is -0.143. The fourth-order valence-corrected chi connectivity index (χ4v) is 4.79. The molecule has 0 aliphatic carbocycles. The lowest BCUT2D eigenvalue weighted by Crippen LogP contribution is -2.50. The number of carbonyl (C=O) groups is 2. The number of aliphatic hydroxyl groups is 2. The van der Waals surface area contributed by atoms with Crippen LogP contribution in [0, 0.1) is 11.8 Å². The number of rotatable bonds is 10. The van der Waals surface area contributed by atoms with Crippen LogP contribution in [0.25, 0.3) is 0 Å². The Balaban J connectivity index is 1.87. The number of carbonyl (C=O) groups excluding carboxylic acids is 2. The summed E-state index contributed by atoms with van der Waals surface area (Å²) in [5.41, 5.74) is 1.05. The van der Waals surface area contributed by atoms with Gasteiger partial charge in [-0.25, -0.2) is 0 Å². The summed E-state index contributed by atoms with van der Waals surface area (Å²) in [6, 6.07) is -0.0988. The summed E-state index contributed by atoms with van der Waals surface area (Å²) in [4.78, 5) is 23.3. The molecule has 2 rings (SSSR count). The van der Waals surface area contributed by atoms with Gasteiger partial charge in [-0.2, -0.15) is 0 Å². The molecule has 2 heterocycles. The summed E-state index contributed by atoms with van der Waals surface area (Å²) < 4.78 is 17.2. The second-order valence-corrected chi connectivity index (χ2v) is 10.2. The molecule has 2 saturated heterocycles. The minimum atomic E-state index is -0.712. The summed E-state index contributed by atoms with van der Waals surface area (Å²) in [7, 11) is 0. The zero-order valence-electron chi connectivity index (χ0n) is 22.6. The molecule has 9 atom stereocenters. The summed E-state index contributed by atoms with van der Waals surface area (Å²) in [6.07, 6.45) is 10.3. The highest BCUT2D eigenvalue weighted by molar-refractivity contribution is 5.87. The van der Waals surface area contributed by atoms with E-state index in [1.165, 1.54) is 13.0 Å². The van der Waals surface area contributed by atoms with Crippen LogP contribution in [0.3, 0.4) is 0 Å². The first-order valence-corrected chi connectivity index (χ1v) is 13.1. The maximum absolute atomic E-state index is 12.3. The first-order chi connectivity index (χ1) is 17.0. The van der Waals surface area contributed by atoms with E-state index in [4.69, 9.17) is 14.2 Å². The standard InChI is InChI=1S/C28H45NO7/c1-7-23-15-22(16-30)28(33)26(36-23)12-9-17(2)8-11-25-18(3)14-24(20(5)35-25)29-27(32)13-10-19(4)34-21(6)31/h8-10,12-13,18-20,22-26,28,30,33H,7,11,14-16H2,1-6H3,(H,29,32)/b12-9+,13-10-,17-8+/t18?,19?,20?,22?,23-,24?,25?,26-,28+/m1/s1. The molecule has 8 nitrogen and oxygen atoms in total. The molecule has 36 heavy (non-hydrogen) atoms. The van der Waals surface area contributed by atoms with Crippen molar-refractivity contribution in [1.29, 1.82) is 0 Å². The predicted molar refractivity (Wildman–Crippen MR) is 138 cm³/mol. The summed E-state index contributed by atoms with van der Waals surface area (Å²) >= 11 is 0. The van der Waals surface area contributed by atoms with Crippen molar-refractivity contribution < 1.29 is 34.0 Å². The van der Waals surface area contributed by atoms with Crippen LogP contribution in [0.15, 0.2) is 36.0 Å². The van der Waals surface area contributed by atoms with Crippen LogP contribution in [0.1, 0.15) is 67.2 Å². The van der Waals surface area contributed by atoms with E-state index in [2.05, 4.69) is 18.3 Å². The second-order valence-electron chi connectivity index (χ2n) is 10.2. The Kier molecular flexibility index (Phi) is 12.3. The number of allylic oxidation sites excluding steroid dienone is 2. The molecule has 0 spiro atoms. The zero-order chi connectivity index (χ0) is 26.8. The van der Waals surface area contributed by atoms with E-state index in [0.29, 0.717) is 6.42 Å². The number of ether oxygens (including phenoxy) is 3. The number of hydrogen-bond donors (Lipinski definition) is 3. The minimum Gasteiger partial charge on any atom is -0.459 e. The first-order valence-electron chi connectivity index (χ1n) is 13.1. The normalized spacial score (nSPS) is 34.6. The number of esters is 1. The van der Waals surface area contributed by atoms with E-state index in [-0.39, 0.29) is 54.7 Å². The lowest BCUT2D eigenvalue weighted by Gasteiger charge is -2.39. The molecule has 2 fully saturated rings. The molecule has 2 aliphatic rings. The number of nitrogens with one attached hydrogen (secondary N) is 1. The Morgan fingerprint density at radius 3 is 2.53 bits per heavy atom. The largest absolute Gasteiger partial charge is 0.459 e. The van der Waals surface area contributed by atoms with Gasteiger partial charge >= 0.3 is 5.97 Å². The monoisotopic (exact) mass is 507 g/mol. The molecular formula is C28H45NO7. The Labute approximate surface area is 215 Å². The maximum atomic E-state index is 12.3. The van der Waals surface area contributed by atoms with Crippen molar-refractivity contribution in [2.45, 2.75) is 110 Å². The second kappa shape index (κ2) is 14.7. The van der Waals surface area contributed by atoms with Crippen molar-refractivity contribution in [3.63, 3.8) is 0 Å². The maximum Gasteiger partial charge on any atom is 0.303 e. The third-order valence-corrected chi connectivity index (χ3v) is 7.06. The van der Waals surface area contributed by atoms with Gasteiger partial charge in [-0.05, 0) is 58.4 Å². The number of amides is 1. The number of aliphatic hydroxyl groups excluding tert-OH is 2. The van der Waals surface area contributed by atoms with Crippen molar-refractivity contribution in [2.24, 2.45) is 11.8 Å². The van der Waals surface area contributed by atoms with E-state index in [1.54, 1.807) is 13.0 Å². The highest BCUT2D eigenvalue weighted by atomic mass is 16.5. The van der Waals surface area contributed by atoms with Gasteiger partial charge in [-0.15, -0.1) is 0 Å². The van der Waals surface area contributed by atoms with Gasteiger partial charge in [0.05, 0.1) is 30.5 Å². The van der Waals surface area contributed by atoms with Gasteiger partial charge in [-0.1, -0.05) is 37.6 Å². The average molecular weight is 508 g/mol. The van der Waals surface area contributed by atoms with Gasteiger partial charge in [0.15, 0.2) is 0 Å². The van der Waals surface area contributed by atoms with Crippen molar-refractivity contribution in [2.75, 3.05) is 6.61 Å². The summed E-state index contributed by atoms with van der Waals surface area (Å²) in [5, 5.41) is 23.1. The Hall–Kier alpha value is -2.00. The van der Waals surface area contributed by atoms with Crippen molar-refractivity contribution in [1.82, 2.24) is 5.32 Å². The van der Waals surface area contributed by atoms with Crippen molar-refractivity contribution >= 4 is 11.9 Å². The van der Waals surface area contributed by atoms with Crippen LogP contribution in [-0.4, -0.2) is 71.4 Å². The quantitative estimate of drug-likeness (QED) is 0.236. The molecule has 0 radical (unpaired) electrons. The van der Waals surface area contributed by atoms with Gasteiger partial charge in [0.2, 0.25) is 5.91 Å². The lowest BCUT2D eigenvalue weighted by atomic mass is 9.87. The van der Waals surface area contributed by atoms with E-state index in [9.17, 15) is 19.8 Å². The van der Waals surface area contributed by atoms with Gasteiger partial charge < -0.3 is 29.7 Å². The average Bonchev–Trinajstić information content (AvgIpc) is 2.82. The molecule has 204 valence electrons. The van der Waals surface area contributed by atoms with E-state index in [0.717, 1.165) is 24.8 Å². The molecule has 1 amide bonds. The van der Waals surface area contributed by atoms with Crippen LogP contribution >= 0.6 is 0 Å². The highest BCUT2D eigenvalue weighted by Crippen LogP contribution is 2.29. The molecule has 0 bridgehead atoms. The molecule has 0 aromatic rings. The minimum absolute atomic E-state index is 0.0378. The van der Waals surface area contributed by atoms with Crippen molar-refractivity contribution in [3.05, 3.63) is 36.0 Å². The molecular weight excluding hydrogens is 462 g/mol. The van der Waals surface area contributed by atoms with Crippen LogP contribution in [0.2, 0.25) is 0 Å². The van der Waals surface area contributed by atoms with E-state index in [1.807, 2.05) is 32.9 Å². The van der Waals surface area contributed by atoms with Crippen molar-refractivity contribution in [3.8, 4) is 0 Å². The molecule has 0 saturated carbocycles. The van der Waals surface area contributed by atoms with Crippen LogP contribution in [-0.2, 0) is 23.8 Å². The zero-order valence-corrected chi connectivity index (χ0v) is 22.6. The van der Waals surface area contributed by atoms with E-state index >= 15 is 0 Å². The van der Waals surface area contributed by atoms with Crippen LogP contribution in [0.5, 0.6) is 0 Å². The SMILES string of the molecule is CC[C@@H]1CC(CO)[C@H](O)[C@@H](/C=C/C(C)=C/CC2OC(C)C(NC(=O)/C=C\C(C)OC(C)=O)CC2C)O1. The Morgan fingerprint density at radius 1 is 1.17 bits per heavy atom. The Morgan fingerprint density at radius 2 is 1.89 bits per heavy atom. The van der Waals surface area contributed by atoms with E-state index < -0.39 is 18.3 Å². The molecule has 0 aromatic carbocycles. The third kappa shape index (κ3) is 9.47. The summed E-state index contributed by atoms with van der Waals surface area (Å²) in [5.74, 6) is -0.534. The smallest absolute Gasteiger partial charge is 0.303 e. The molecule has 8 heteroatoms. The molecule has 2 aliphatic heterocycles. The number of hydrogen-bond acceptors (Lipinski definition) is 7. The highest BCUT2D eigenvalue weighted by Gasteiger charge is 2.35. The van der Waals surface area contributed by atoms with Gasteiger partial charge in [0.25, 0.3) is 0 Å². The van der Waals surface area contributed by atoms with Gasteiger partial charge in [0.1, 0.15) is 12.2 Å². The van der Waals surface area contributed by atoms with Crippen LogP contribution in [0.4, 0.5) is 0 Å². The predicted octanol–water partition coefficient (Wildman–Crippen LogP) is 3.22. The van der Waals surface area contributed by atoms with Crippen LogP contribution < -0.4 is 5.32 Å². The fourth-order valence-electron chi connectivity index (χ4n) is 4.79. The summed E-state index contributed by atoms with van der Waals surface area (Å²) in [6.45, 7) is 11.1. The van der Waals surface area contributed by atoms with Gasteiger partial charge in [0, 0.05) is 25.5 Å². The molecule has 0 aromatic heterocycles.